The van der Waals surface area contributed by atoms with E-state index in [4.69, 9.17) is 9.52 Å². The van der Waals surface area contributed by atoms with Gasteiger partial charge in [0.2, 0.25) is 5.09 Å². The fourth-order valence-corrected chi connectivity index (χ4v) is 3.09. The Hall–Kier alpha value is -1.79. The van der Waals surface area contributed by atoms with Gasteiger partial charge in [-0.15, -0.1) is 0 Å². The van der Waals surface area contributed by atoms with E-state index in [-0.39, 0.29) is 17.5 Å². The van der Waals surface area contributed by atoms with Crippen LogP contribution >= 0.6 is 0 Å². The average molecular weight is 295 g/mol. The molecule has 0 amide bonds. The summed E-state index contributed by atoms with van der Waals surface area (Å²) in [5, 5.41) is 8.77. The maximum Gasteiger partial charge on any atom is 0.297 e. The van der Waals surface area contributed by atoms with Gasteiger partial charge in [0.15, 0.2) is 0 Å². The van der Waals surface area contributed by atoms with E-state index < -0.39 is 10.0 Å². The number of hydrogen-bond donors (Lipinski definition) is 1. The van der Waals surface area contributed by atoms with E-state index in [9.17, 15) is 8.42 Å². The maximum absolute atomic E-state index is 12.4. The Kier molecular flexibility index (Phi) is 3.87. The highest BCUT2D eigenvalue weighted by Gasteiger charge is 2.25. The lowest BCUT2D eigenvalue weighted by atomic mass is 10.1. The van der Waals surface area contributed by atoms with Crippen LogP contribution in [0.15, 0.2) is 39.8 Å². The highest BCUT2D eigenvalue weighted by atomic mass is 32.2. The Bertz CT molecular complexity index is 698. The Labute approximate surface area is 118 Å². The smallest absolute Gasteiger partial charge is 0.297 e. The summed E-state index contributed by atoms with van der Waals surface area (Å²) < 4.78 is 31.2. The second kappa shape index (κ2) is 5.30. The van der Waals surface area contributed by atoms with Crippen molar-refractivity contribution >= 4 is 15.7 Å². The minimum absolute atomic E-state index is 0.178. The van der Waals surface area contributed by atoms with Crippen molar-refractivity contribution < 1.29 is 17.9 Å². The molecule has 20 heavy (non-hydrogen) atoms. The quantitative estimate of drug-likeness (QED) is 0.939. The molecule has 0 aliphatic rings. The lowest BCUT2D eigenvalue weighted by molar-refractivity contribution is 0.236. The zero-order valence-electron chi connectivity index (χ0n) is 11.6. The van der Waals surface area contributed by atoms with E-state index in [1.54, 1.807) is 12.1 Å². The van der Waals surface area contributed by atoms with E-state index in [1.807, 2.05) is 19.9 Å². The van der Waals surface area contributed by atoms with Crippen molar-refractivity contribution in [3.63, 3.8) is 0 Å². The Morgan fingerprint density at radius 1 is 1.15 bits per heavy atom. The molecule has 0 atom stereocenters. The molecule has 0 fully saturated rings. The van der Waals surface area contributed by atoms with Gasteiger partial charge >= 0.3 is 0 Å². The summed E-state index contributed by atoms with van der Waals surface area (Å²) in [4.78, 5) is 0. The van der Waals surface area contributed by atoms with Gasteiger partial charge in [0.1, 0.15) is 12.4 Å². The molecule has 6 heteroatoms. The van der Waals surface area contributed by atoms with Gasteiger partial charge in [-0.3, -0.25) is 4.31 Å². The molecular weight excluding hydrogens is 278 g/mol. The van der Waals surface area contributed by atoms with Crippen molar-refractivity contribution in [1.29, 1.82) is 0 Å². The zero-order valence-corrected chi connectivity index (χ0v) is 12.4. The van der Waals surface area contributed by atoms with Crippen molar-refractivity contribution in [2.75, 3.05) is 11.4 Å². The number of benzene rings is 1. The van der Waals surface area contributed by atoms with Crippen molar-refractivity contribution in [1.82, 2.24) is 0 Å². The van der Waals surface area contributed by atoms with Crippen molar-refractivity contribution in [2.24, 2.45) is 0 Å². The number of furan rings is 1. The molecule has 2 aromatic rings. The Balaban J connectivity index is 2.42. The largest absolute Gasteiger partial charge is 0.445 e. The molecule has 0 spiro atoms. The highest BCUT2D eigenvalue weighted by Crippen LogP contribution is 2.25. The van der Waals surface area contributed by atoms with Crippen LogP contribution in [0.3, 0.4) is 0 Å². The first-order chi connectivity index (χ1) is 9.34. The normalized spacial score (nSPS) is 11.6. The van der Waals surface area contributed by atoms with E-state index in [0.29, 0.717) is 5.69 Å². The molecule has 0 aliphatic heterocycles. The molecule has 0 radical (unpaired) electrons. The van der Waals surface area contributed by atoms with Crippen LogP contribution in [0.5, 0.6) is 0 Å². The number of rotatable bonds is 4. The second-order valence-electron chi connectivity index (χ2n) is 4.70. The van der Waals surface area contributed by atoms with Gasteiger partial charge in [-0.05, 0) is 49.2 Å². The fraction of sp³-hybridized carbons (Fsp3) is 0.286. The third-order valence-electron chi connectivity index (χ3n) is 2.98. The highest BCUT2D eigenvalue weighted by molar-refractivity contribution is 7.92. The van der Waals surface area contributed by atoms with Crippen molar-refractivity contribution in [2.45, 2.75) is 25.5 Å². The lowest BCUT2D eigenvalue weighted by Gasteiger charge is -2.19. The third kappa shape index (κ3) is 2.71. The molecule has 1 heterocycles. The van der Waals surface area contributed by atoms with Gasteiger partial charge < -0.3 is 9.52 Å². The number of aliphatic hydroxyl groups excluding tert-OH is 1. The van der Waals surface area contributed by atoms with Crippen LogP contribution in [-0.2, 0) is 16.6 Å². The van der Waals surface area contributed by atoms with Gasteiger partial charge in [0.25, 0.3) is 10.0 Å². The topological polar surface area (TPSA) is 70.8 Å². The van der Waals surface area contributed by atoms with Crippen LogP contribution < -0.4 is 4.31 Å². The molecule has 2 rings (SSSR count). The molecule has 5 nitrogen and oxygen atoms in total. The van der Waals surface area contributed by atoms with Gasteiger partial charge in [-0.25, -0.2) is 0 Å². The molecule has 0 saturated heterocycles. The van der Waals surface area contributed by atoms with E-state index in [0.717, 1.165) is 11.1 Å². The van der Waals surface area contributed by atoms with Gasteiger partial charge in [-0.1, -0.05) is 6.07 Å². The number of nitrogens with zero attached hydrogens (tertiary/aromatic N) is 1. The molecule has 0 unspecified atom stereocenters. The molecule has 1 aromatic heterocycles. The molecule has 0 aliphatic carbocycles. The van der Waals surface area contributed by atoms with Gasteiger partial charge in [-0.2, -0.15) is 8.42 Å². The maximum atomic E-state index is 12.4. The standard InChI is InChI=1S/C14H17NO4S/c1-10-6-11(2)8-12(7-10)15(3)20(17,18)14-5-4-13(9-16)19-14/h4-8,16H,9H2,1-3H3. The number of hydrogen-bond acceptors (Lipinski definition) is 4. The Morgan fingerprint density at radius 2 is 1.75 bits per heavy atom. The zero-order chi connectivity index (χ0) is 14.9. The van der Waals surface area contributed by atoms with Crippen LogP contribution in [0.2, 0.25) is 0 Å². The van der Waals surface area contributed by atoms with Crippen molar-refractivity contribution in [3.8, 4) is 0 Å². The van der Waals surface area contributed by atoms with Crippen LogP contribution in [0, 0.1) is 13.8 Å². The predicted molar refractivity (Wildman–Crippen MR) is 76.1 cm³/mol. The fourth-order valence-electron chi connectivity index (χ4n) is 1.99. The molecule has 0 saturated carbocycles. The summed E-state index contributed by atoms with van der Waals surface area (Å²) in [6.07, 6.45) is 0. The summed E-state index contributed by atoms with van der Waals surface area (Å²) in [6, 6.07) is 8.35. The average Bonchev–Trinajstić information content (AvgIpc) is 2.86. The summed E-state index contributed by atoms with van der Waals surface area (Å²) in [7, 11) is -2.28. The number of sulfonamides is 1. The van der Waals surface area contributed by atoms with Crippen LogP contribution in [-0.4, -0.2) is 20.6 Å². The first-order valence-corrected chi connectivity index (χ1v) is 7.55. The van der Waals surface area contributed by atoms with Crippen LogP contribution in [0.25, 0.3) is 0 Å². The summed E-state index contributed by atoms with van der Waals surface area (Å²) in [6.45, 7) is 3.49. The number of anilines is 1. The molecule has 1 N–H and O–H groups in total. The predicted octanol–water partition coefficient (Wildman–Crippen LogP) is 2.21. The summed E-state index contributed by atoms with van der Waals surface area (Å²) >= 11 is 0. The van der Waals surface area contributed by atoms with Crippen LogP contribution in [0.1, 0.15) is 16.9 Å². The molecular formula is C14H17NO4S. The Morgan fingerprint density at radius 3 is 2.25 bits per heavy atom. The van der Waals surface area contributed by atoms with E-state index in [1.165, 1.54) is 23.5 Å². The lowest BCUT2D eigenvalue weighted by Crippen LogP contribution is -2.26. The SMILES string of the molecule is Cc1cc(C)cc(N(C)S(=O)(=O)c2ccc(CO)o2)c1. The van der Waals surface area contributed by atoms with Gasteiger partial charge in [0.05, 0.1) is 5.69 Å². The van der Waals surface area contributed by atoms with E-state index >= 15 is 0 Å². The van der Waals surface area contributed by atoms with E-state index in [2.05, 4.69) is 0 Å². The minimum atomic E-state index is -3.76. The van der Waals surface area contributed by atoms with Gasteiger partial charge in [0, 0.05) is 7.05 Å². The third-order valence-corrected chi connectivity index (χ3v) is 4.64. The molecule has 1 aromatic carbocycles. The molecule has 0 bridgehead atoms. The minimum Gasteiger partial charge on any atom is -0.445 e. The summed E-state index contributed by atoms with van der Waals surface area (Å²) in [5.74, 6) is 0.220. The number of aliphatic hydroxyl groups is 1. The number of aryl methyl sites for hydroxylation is 2. The van der Waals surface area contributed by atoms with Crippen LogP contribution in [0.4, 0.5) is 5.69 Å². The molecule has 108 valence electrons. The van der Waals surface area contributed by atoms with Crippen molar-refractivity contribution in [3.05, 3.63) is 47.2 Å². The first-order valence-electron chi connectivity index (χ1n) is 6.11. The monoisotopic (exact) mass is 295 g/mol. The first kappa shape index (κ1) is 14.6. The second-order valence-corrected chi connectivity index (χ2v) is 6.60. The summed E-state index contributed by atoms with van der Waals surface area (Å²) in [5.41, 5.74) is 2.54.